The predicted octanol–water partition coefficient (Wildman–Crippen LogP) is 2.30. The number of anilines is 1. The van der Waals surface area contributed by atoms with Crippen molar-refractivity contribution in [3.8, 4) is 0 Å². The first kappa shape index (κ1) is 12.9. The first-order valence-electron chi connectivity index (χ1n) is 7.47. The van der Waals surface area contributed by atoms with Gasteiger partial charge in [-0.3, -0.25) is 0 Å². The fourth-order valence-electron chi connectivity index (χ4n) is 3.62. The lowest BCUT2D eigenvalue weighted by Gasteiger charge is -2.21. The Bertz CT molecular complexity index is 431. The van der Waals surface area contributed by atoms with Gasteiger partial charge in [0.15, 0.2) is 0 Å². The number of aliphatic hydroxyl groups excluding tert-OH is 1. The molecule has 19 heavy (non-hydrogen) atoms. The lowest BCUT2D eigenvalue weighted by molar-refractivity contribution is 0.133. The van der Waals surface area contributed by atoms with Gasteiger partial charge in [0.2, 0.25) is 0 Å². The Balaban J connectivity index is 1.70. The highest BCUT2D eigenvalue weighted by Gasteiger charge is 2.41. The number of rotatable bonds is 3. The smallest absolute Gasteiger partial charge is 0.0588 e. The zero-order valence-electron chi connectivity index (χ0n) is 11.6. The highest BCUT2D eigenvalue weighted by atomic mass is 16.3. The zero-order chi connectivity index (χ0) is 13.4. The number of aliphatic hydroxyl groups is 1. The van der Waals surface area contributed by atoms with Gasteiger partial charge in [0, 0.05) is 30.7 Å². The van der Waals surface area contributed by atoms with Crippen molar-refractivity contribution in [3.05, 3.63) is 29.8 Å². The number of benzene rings is 1. The standard InChI is InChI=1S/C16H24N2O/c1-2-15(17)11-3-6-13(7-4-11)18-9-12-5-8-16(19)14(12)10-18/h3-4,6-7,12,14-16,19H,2,5,8-10,17H2,1H3/t12?,14?,15-,16?/m0/s1. The van der Waals surface area contributed by atoms with Crippen LogP contribution in [0.25, 0.3) is 0 Å². The molecule has 2 aliphatic rings. The topological polar surface area (TPSA) is 49.5 Å². The van der Waals surface area contributed by atoms with E-state index in [2.05, 4.69) is 36.1 Å². The SMILES string of the molecule is CC[C@H](N)c1ccc(N2CC3CCC(O)C3C2)cc1. The zero-order valence-corrected chi connectivity index (χ0v) is 11.6. The highest BCUT2D eigenvalue weighted by molar-refractivity contribution is 5.49. The molecule has 1 aliphatic carbocycles. The molecule has 4 atom stereocenters. The molecule has 1 aromatic rings. The number of nitrogens with two attached hydrogens (primary N) is 1. The molecule has 0 aromatic heterocycles. The molecular formula is C16H24N2O. The van der Waals surface area contributed by atoms with E-state index in [0.717, 1.165) is 25.9 Å². The van der Waals surface area contributed by atoms with Crippen LogP contribution in [0.1, 0.15) is 37.8 Å². The Morgan fingerprint density at radius 1 is 1.26 bits per heavy atom. The van der Waals surface area contributed by atoms with Crippen LogP contribution in [0.3, 0.4) is 0 Å². The first-order chi connectivity index (χ1) is 9.19. The average molecular weight is 260 g/mol. The highest BCUT2D eigenvalue weighted by Crippen LogP contribution is 2.39. The fourth-order valence-corrected chi connectivity index (χ4v) is 3.62. The van der Waals surface area contributed by atoms with Gasteiger partial charge in [0.25, 0.3) is 0 Å². The Labute approximate surface area is 115 Å². The van der Waals surface area contributed by atoms with E-state index in [9.17, 15) is 5.11 Å². The summed E-state index contributed by atoms with van der Waals surface area (Å²) in [6.45, 7) is 4.22. The van der Waals surface area contributed by atoms with Gasteiger partial charge >= 0.3 is 0 Å². The van der Waals surface area contributed by atoms with E-state index in [-0.39, 0.29) is 12.1 Å². The third-order valence-corrected chi connectivity index (χ3v) is 4.95. The Hall–Kier alpha value is -1.06. The summed E-state index contributed by atoms with van der Waals surface area (Å²) in [7, 11) is 0. The van der Waals surface area contributed by atoms with Gasteiger partial charge in [0.05, 0.1) is 6.10 Å². The minimum Gasteiger partial charge on any atom is -0.393 e. The van der Waals surface area contributed by atoms with Gasteiger partial charge in [-0.05, 0) is 42.9 Å². The van der Waals surface area contributed by atoms with Crippen LogP contribution in [0, 0.1) is 11.8 Å². The summed E-state index contributed by atoms with van der Waals surface area (Å²) in [5.74, 6) is 1.17. The normalized spacial score (nSPS) is 31.5. The van der Waals surface area contributed by atoms with Crippen LogP contribution in [-0.2, 0) is 0 Å². The van der Waals surface area contributed by atoms with E-state index >= 15 is 0 Å². The molecule has 3 heteroatoms. The molecule has 3 N–H and O–H groups in total. The van der Waals surface area contributed by atoms with Crippen LogP contribution in [0.2, 0.25) is 0 Å². The van der Waals surface area contributed by atoms with Gasteiger partial charge in [-0.2, -0.15) is 0 Å². The number of fused-ring (bicyclic) bond motifs is 1. The summed E-state index contributed by atoms with van der Waals surface area (Å²) in [5.41, 5.74) is 8.53. The second-order valence-corrected chi connectivity index (χ2v) is 6.08. The number of hydrogen-bond donors (Lipinski definition) is 2. The summed E-state index contributed by atoms with van der Waals surface area (Å²) in [6.07, 6.45) is 3.07. The quantitative estimate of drug-likeness (QED) is 0.877. The predicted molar refractivity (Wildman–Crippen MR) is 78.1 cm³/mol. The lowest BCUT2D eigenvalue weighted by atomic mass is 10.00. The van der Waals surface area contributed by atoms with Crippen LogP contribution in [0.15, 0.2) is 24.3 Å². The van der Waals surface area contributed by atoms with Gasteiger partial charge in [-0.15, -0.1) is 0 Å². The summed E-state index contributed by atoms with van der Waals surface area (Å²) in [6, 6.07) is 8.80. The molecule has 1 heterocycles. The summed E-state index contributed by atoms with van der Waals surface area (Å²) in [5, 5.41) is 9.97. The molecular weight excluding hydrogens is 236 g/mol. The molecule has 1 aromatic carbocycles. The molecule has 2 fully saturated rings. The van der Waals surface area contributed by atoms with Crippen LogP contribution in [0.4, 0.5) is 5.69 Å². The van der Waals surface area contributed by atoms with E-state index in [4.69, 9.17) is 5.73 Å². The molecule has 1 aliphatic heterocycles. The van der Waals surface area contributed by atoms with E-state index in [1.54, 1.807) is 0 Å². The molecule has 3 nitrogen and oxygen atoms in total. The largest absolute Gasteiger partial charge is 0.393 e. The van der Waals surface area contributed by atoms with E-state index in [0.29, 0.717) is 11.8 Å². The van der Waals surface area contributed by atoms with Gasteiger partial charge in [0.1, 0.15) is 0 Å². The van der Waals surface area contributed by atoms with Crippen molar-refractivity contribution in [1.29, 1.82) is 0 Å². The van der Waals surface area contributed by atoms with Crippen LogP contribution < -0.4 is 10.6 Å². The molecule has 0 amide bonds. The molecule has 104 valence electrons. The Morgan fingerprint density at radius 3 is 2.63 bits per heavy atom. The molecule has 1 saturated heterocycles. The molecule has 0 radical (unpaired) electrons. The Morgan fingerprint density at radius 2 is 2.00 bits per heavy atom. The molecule has 1 saturated carbocycles. The van der Waals surface area contributed by atoms with Gasteiger partial charge < -0.3 is 15.7 Å². The molecule has 3 rings (SSSR count). The third kappa shape index (κ3) is 2.37. The molecule has 0 spiro atoms. The Kier molecular flexibility index (Phi) is 3.50. The third-order valence-electron chi connectivity index (χ3n) is 4.95. The van der Waals surface area contributed by atoms with Crippen LogP contribution >= 0.6 is 0 Å². The maximum atomic E-state index is 9.97. The maximum absolute atomic E-state index is 9.97. The average Bonchev–Trinajstić information content (AvgIpc) is 3.01. The van der Waals surface area contributed by atoms with Crippen LogP contribution in [0.5, 0.6) is 0 Å². The molecule has 3 unspecified atom stereocenters. The number of nitrogens with zero attached hydrogens (tertiary/aromatic N) is 1. The minimum atomic E-state index is -0.0808. The van der Waals surface area contributed by atoms with E-state index < -0.39 is 0 Å². The fraction of sp³-hybridized carbons (Fsp3) is 0.625. The van der Waals surface area contributed by atoms with Crippen LogP contribution in [-0.4, -0.2) is 24.3 Å². The van der Waals surface area contributed by atoms with Crippen molar-refractivity contribution in [1.82, 2.24) is 0 Å². The first-order valence-corrected chi connectivity index (χ1v) is 7.47. The second-order valence-electron chi connectivity index (χ2n) is 6.08. The van der Waals surface area contributed by atoms with Crippen molar-refractivity contribution in [2.24, 2.45) is 17.6 Å². The van der Waals surface area contributed by atoms with E-state index in [1.165, 1.54) is 17.7 Å². The molecule has 0 bridgehead atoms. The minimum absolute atomic E-state index is 0.0808. The van der Waals surface area contributed by atoms with Crippen molar-refractivity contribution in [2.45, 2.75) is 38.3 Å². The maximum Gasteiger partial charge on any atom is 0.0588 e. The monoisotopic (exact) mass is 260 g/mol. The summed E-state index contributed by atoms with van der Waals surface area (Å²) >= 11 is 0. The second kappa shape index (κ2) is 5.14. The summed E-state index contributed by atoms with van der Waals surface area (Å²) < 4.78 is 0. The van der Waals surface area contributed by atoms with Crippen molar-refractivity contribution < 1.29 is 5.11 Å². The van der Waals surface area contributed by atoms with Crippen molar-refractivity contribution in [2.75, 3.05) is 18.0 Å². The number of hydrogen-bond acceptors (Lipinski definition) is 3. The summed E-state index contributed by atoms with van der Waals surface area (Å²) in [4.78, 5) is 2.42. The van der Waals surface area contributed by atoms with Gasteiger partial charge in [-0.25, -0.2) is 0 Å². The van der Waals surface area contributed by atoms with Crippen molar-refractivity contribution >= 4 is 5.69 Å². The lowest BCUT2D eigenvalue weighted by Crippen LogP contribution is -2.24. The van der Waals surface area contributed by atoms with E-state index in [1.807, 2.05) is 0 Å². The van der Waals surface area contributed by atoms with Gasteiger partial charge in [-0.1, -0.05) is 19.1 Å². The van der Waals surface area contributed by atoms with Crippen molar-refractivity contribution in [3.63, 3.8) is 0 Å².